The van der Waals surface area contributed by atoms with Crippen LogP contribution < -0.4 is 5.32 Å². The van der Waals surface area contributed by atoms with Gasteiger partial charge in [-0.15, -0.1) is 11.8 Å². The van der Waals surface area contributed by atoms with Crippen LogP contribution in [0.1, 0.15) is 24.2 Å². The van der Waals surface area contributed by atoms with E-state index in [1.165, 1.54) is 32.0 Å². The average Bonchev–Trinajstić information content (AvgIpc) is 2.66. The molecule has 0 aromatic heterocycles. The van der Waals surface area contributed by atoms with Crippen LogP contribution in [0.3, 0.4) is 0 Å². The van der Waals surface area contributed by atoms with Crippen LogP contribution in [0.25, 0.3) is 0 Å². The molecule has 9 heteroatoms. The van der Waals surface area contributed by atoms with Gasteiger partial charge in [-0.2, -0.15) is 0 Å². The van der Waals surface area contributed by atoms with Crippen molar-refractivity contribution in [3.63, 3.8) is 0 Å². The number of amides is 1. The van der Waals surface area contributed by atoms with E-state index < -0.39 is 22.9 Å². The Labute approximate surface area is 165 Å². The summed E-state index contributed by atoms with van der Waals surface area (Å²) in [4.78, 5) is 46.6. The van der Waals surface area contributed by atoms with Gasteiger partial charge in [0, 0.05) is 11.6 Å². The first-order chi connectivity index (χ1) is 13.3. The third-order valence-corrected chi connectivity index (χ3v) is 4.69. The van der Waals surface area contributed by atoms with E-state index in [0.717, 1.165) is 11.8 Å². The Hall–Kier alpha value is -3.20. The molecule has 28 heavy (non-hydrogen) atoms. The quantitative estimate of drug-likeness (QED) is 0.236. The minimum atomic E-state index is -1.10. The molecule has 0 radical (unpaired) electrons. The van der Waals surface area contributed by atoms with Crippen molar-refractivity contribution in [3.8, 4) is 0 Å². The standard InChI is InChI=1S/C19H18N2O6S/c1-12(22)14-7-3-4-8-15(14)20-19(24)13(2)27-18(23)11-28-17-10-6-5-9-16(17)21(25)26/h3-10,13H,11H2,1-2H3,(H,20,24)/t13-/m1/s1. The van der Waals surface area contributed by atoms with E-state index in [2.05, 4.69) is 5.32 Å². The lowest BCUT2D eigenvalue weighted by molar-refractivity contribution is -0.387. The number of nitrogens with zero attached hydrogens (tertiary/aromatic N) is 1. The Morgan fingerprint density at radius 1 is 1.14 bits per heavy atom. The Balaban J connectivity index is 1.93. The molecular formula is C19H18N2O6S. The van der Waals surface area contributed by atoms with Crippen LogP contribution >= 0.6 is 11.8 Å². The summed E-state index contributed by atoms with van der Waals surface area (Å²) < 4.78 is 5.08. The predicted octanol–water partition coefficient (Wildman–Crippen LogP) is 3.46. The van der Waals surface area contributed by atoms with E-state index in [1.54, 1.807) is 30.3 Å². The zero-order valence-corrected chi connectivity index (χ0v) is 16.0. The van der Waals surface area contributed by atoms with E-state index in [4.69, 9.17) is 4.74 Å². The predicted molar refractivity (Wildman–Crippen MR) is 104 cm³/mol. The first-order valence-electron chi connectivity index (χ1n) is 8.26. The SMILES string of the molecule is CC(=O)c1ccccc1NC(=O)[C@@H](C)OC(=O)CSc1ccccc1[N+](=O)[O-]. The molecule has 0 spiro atoms. The number of esters is 1. The maximum absolute atomic E-state index is 12.2. The molecule has 0 aliphatic rings. The van der Waals surface area contributed by atoms with Crippen molar-refractivity contribution in [1.82, 2.24) is 0 Å². The lowest BCUT2D eigenvalue weighted by Gasteiger charge is -2.15. The number of anilines is 1. The van der Waals surface area contributed by atoms with Gasteiger partial charge in [0.15, 0.2) is 11.9 Å². The van der Waals surface area contributed by atoms with E-state index in [0.29, 0.717) is 16.1 Å². The summed E-state index contributed by atoms with van der Waals surface area (Å²) >= 11 is 0.955. The molecular weight excluding hydrogens is 384 g/mol. The summed E-state index contributed by atoms with van der Waals surface area (Å²) in [6.07, 6.45) is -1.10. The maximum atomic E-state index is 12.2. The Morgan fingerprint density at radius 2 is 1.79 bits per heavy atom. The Kier molecular flexibility index (Phi) is 7.28. The van der Waals surface area contributed by atoms with Crippen molar-refractivity contribution in [2.45, 2.75) is 24.8 Å². The first-order valence-corrected chi connectivity index (χ1v) is 9.24. The number of hydrogen-bond donors (Lipinski definition) is 1. The normalized spacial score (nSPS) is 11.4. The van der Waals surface area contributed by atoms with Crippen LogP contribution in [0.4, 0.5) is 11.4 Å². The van der Waals surface area contributed by atoms with Gasteiger partial charge < -0.3 is 10.1 Å². The number of rotatable bonds is 8. The first kappa shape index (κ1) is 21.1. The van der Waals surface area contributed by atoms with Crippen LogP contribution in [0, 0.1) is 10.1 Å². The highest BCUT2D eigenvalue weighted by Crippen LogP contribution is 2.28. The number of thioether (sulfide) groups is 1. The zero-order valence-electron chi connectivity index (χ0n) is 15.2. The molecule has 0 saturated carbocycles. The molecule has 2 aromatic carbocycles. The van der Waals surface area contributed by atoms with Crippen LogP contribution in [0.5, 0.6) is 0 Å². The van der Waals surface area contributed by atoms with Gasteiger partial charge >= 0.3 is 5.97 Å². The molecule has 1 N–H and O–H groups in total. The third kappa shape index (κ3) is 5.65. The molecule has 1 atom stereocenters. The summed E-state index contributed by atoms with van der Waals surface area (Å²) in [6, 6.07) is 12.5. The summed E-state index contributed by atoms with van der Waals surface area (Å²) in [6.45, 7) is 2.79. The minimum absolute atomic E-state index is 0.105. The number of nitrogens with one attached hydrogen (secondary N) is 1. The maximum Gasteiger partial charge on any atom is 0.317 e. The molecule has 2 aromatic rings. The number of carbonyl (C=O) groups excluding carboxylic acids is 3. The van der Waals surface area contributed by atoms with Gasteiger partial charge in [-0.25, -0.2) is 0 Å². The number of ketones is 1. The van der Waals surface area contributed by atoms with Gasteiger partial charge in [0.25, 0.3) is 11.6 Å². The molecule has 146 valence electrons. The summed E-state index contributed by atoms with van der Waals surface area (Å²) in [5.41, 5.74) is 0.574. The summed E-state index contributed by atoms with van der Waals surface area (Å²) in [5, 5.41) is 13.5. The fourth-order valence-electron chi connectivity index (χ4n) is 2.28. The van der Waals surface area contributed by atoms with Gasteiger partial charge in [0.05, 0.1) is 21.3 Å². The van der Waals surface area contributed by atoms with E-state index >= 15 is 0 Å². The van der Waals surface area contributed by atoms with Crippen LogP contribution in [0.2, 0.25) is 0 Å². The Morgan fingerprint density at radius 3 is 2.46 bits per heavy atom. The van der Waals surface area contributed by atoms with Crippen molar-refractivity contribution < 1.29 is 24.0 Å². The fourth-order valence-corrected chi connectivity index (χ4v) is 3.09. The molecule has 2 rings (SSSR count). The molecule has 0 bridgehead atoms. The highest BCUT2D eigenvalue weighted by atomic mass is 32.2. The number of para-hydroxylation sites is 2. The lowest BCUT2D eigenvalue weighted by Crippen LogP contribution is -2.31. The summed E-state index contributed by atoms with van der Waals surface area (Å²) in [5.74, 6) is -1.67. The van der Waals surface area contributed by atoms with E-state index in [1.807, 2.05) is 0 Å². The third-order valence-electron chi connectivity index (χ3n) is 3.65. The molecule has 0 aliphatic carbocycles. The number of nitro groups is 1. The molecule has 0 saturated heterocycles. The van der Waals surface area contributed by atoms with Gasteiger partial charge in [0.1, 0.15) is 0 Å². The fraction of sp³-hybridized carbons (Fsp3) is 0.211. The number of hydrogen-bond acceptors (Lipinski definition) is 7. The molecule has 0 aliphatic heterocycles. The second kappa shape index (κ2) is 9.65. The monoisotopic (exact) mass is 402 g/mol. The number of benzene rings is 2. The molecule has 8 nitrogen and oxygen atoms in total. The lowest BCUT2D eigenvalue weighted by atomic mass is 10.1. The number of carbonyl (C=O) groups is 3. The van der Waals surface area contributed by atoms with Crippen LogP contribution in [-0.2, 0) is 14.3 Å². The average molecular weight is 402 g/mol. The number of ether oxygens (including phenoxy) is 1. The molecule has 0 heterocycles. The highest BCUT2D eigenvalue weighted by molar-refractivity contribution is 8.00. The largest absolute Gasteiger partial charge is 0.452 e. The van der Waals surface area contributed by atoms with Crippen LogP contribution in [-0.4, -0.2) is 34.4 Å². The molecule has 1 amide bonds. The van der Waals surface area contributed by atoms with Crippen LogP contribution in [0.15, 0.2) is 53.4 Å². The minimum Gasteiger partial charge on any atom is -0.452 e. The summed E-state index contributed by atoms with van der Waals surface area (Å²) in [7, 11) is 0. The van der Waals surface area contributed by atoms with Crippen molar-refractivity contribution >= 4 is 40.8 Å². The molecule has 0 unspecified atom stereocenters. The number of nitro benzene ring substituents is 1. The molecule has 0 fully saturated rings. The van der Waals surface area contributed by atoms with E-state index in [9.17, 15) is 24.5 Å². The second-order valence-corrected chi connectivity index (χ2v) is 6.75. The van der Waals surface area contributed by atoms with Crippen molar-refractivity contribution in [1.29, 1.82) is 0 Å². The highest BCUT2D eigenvalue weighted by Gasteiger charge is 2.21. The van der Waals surface area contributed by atoms with Gasteiger partial charge in [-0.3, -0.25) is 24.5 Å². The van der Waals surface area contributed by atoms with Crippen molar-refractivity contribution in [3.05, 3.63) is 64.2 Å². The van der Waals surface area contributed by atoms with Gasteiger partial charge in [-0.1, -0.05) is 24.3 Å². The number of Topliss-reactive ketones (excluding diaryl/α,β-unsaturated/α-hetero) is 1. The van der Waals surface area contributed by atoms with Crippen molar-refractivity contribution in [2.24, 2.45) is 0 Å². The van der Waals surface area contributed by atoms with Crippen molar-refractivity contribution in [2.75, 3.05) is 11.1 Å². The van der Waals surface area contributed by atoms with E-state index in [-0.39, 0.29) is 17.2 Å². The van der Waals surface area contributed by atoms with Gasteiger partial charge in [-0.05, 0) is 32.0 Å². The van der Waals surface area contributed by atoms with Gasteiger partial charge in [0.2, 0.25) is 0 Å². The Bertz CT molecular complexity index is 915. The zero-order chi connectivity index (χ0) is 20.7. The topological polar surface area (TPSA) is 116 Å². The second-order valence-electron chi connectivity index (χ2n) is 5.74. The smallest absolute Gasteiger partial charge is 0.317 e.